The molecule has 0 saturated heterocycles. The highest BCUT2D eigenvalue weighted by atomic mass is 19.2. The lowest BCUT2D eigenvalue weighted by Gasteiger charge is -2.21. The quantitative estimate of drug-likeness (QED) is 0.910. The zero-order valence-corrected chi connectivity index (χ0v) is 10.6. The third kappa shape index (κ3) is 1.78. The standard InChI is InChI=1S/C13H15F2N3O/c1-19-10-4-2-3-9(10)18-12-8(17-13(18)16)6-5-7(14)11(12)15/h5-6,9-10H,2-4H2,1H3,(H2,16,17). The molecule has 2 unspecified atom stereocenters. The van der Waals surface area contributed by atoms with E-state index in [1.165, 1.54) is 6.07 Å². The molecule has 1 aliphatic carbocycles. The minimum Gasteiger partial charge on any atom is -0.379 e. The fourth-order valence-corrected chi connectivity index (χ4v) is 2.95. The van der Waals surface area contributed by atoms with Crippen molar-refractivity contribution in [1.82, 2.24) is 9.55 Å². The monoisotopic (exact) mass is 267 g/mol. The molecule has 0 aliphatic heterocycles. The molecule has 0 radical (unpaired) electrons. The summed E-state index contributed by atoms with van der Waals surface area (Å²) < 4.78 is 34.4. The Morgan fingerprint density at radius 2 is 2.16 bits per heavy atom. The number of halogens is 2. The summed E-state index contributed by atoms with van der Waals surface area (Å²) in [4.78, 5) is 4.11. The third-order valence-corrected chi connectivity index (χ3v) is 3.82. The van der Waals surface area contributed by atoms with Crippen LogP contribution in [0.2, 0.25) is 0 Å². The number of hydrogen-bond acceptors (Lipinski definition) is 3. The minimum atomic E-state index is -0.900. The average molecular weight is 267 g/mol. The van der Waals surface area contributed by atoms with Crippen LogP contribution in [0.4, 0.5) is 14.7 Å². The summed E-state index contributed by atoms with van der Waals surface area (Å²) in [6, 6.07) is 2.42. The van der Waals surface area contributed by atoms with Crippen molar-refractivity contribution >= 4 is 17.0 Å². The number of fused-ring (bicyclic) bond motifs is 1. The van der Waals surface area contributed by atoms with Crippen LogP contribution in [-0.2, 0) is 4.74 Å². The van der Waals surface area contributed by atoms with E-state index < -0.39 is 11.6 Å². The van der Waals surface area contributed by atoms with Crippen LogP contribution in [0.15, 0.2) is 12.1 Å². The van der Waals surface area contributed by atoms with Crippen LogP contribution in [0, 0.1) is 11.6 Å². The fourth-order valence-electron chi connectivity index (χ4n) is 2.95. The Labute approximate surface area is 109 Å². The van der Waals surface area contributed by atoms with Gasteiger partial charge in [-0.1, -0.05) is 0 Å². The maximum atomic E-state index is 14.0. The Morgan fingerprint density at radius 1 is 1.37 bits per heavy atom. The van der Waals surface area contributed by atoms with Gasteiger partial charge in [0.25, 0.3) is 0 Å². The molecular formula is C13H15F2N3O. The minimum absolute atomic E-state index is 0.0395. The second-order valence-corrected chi connectivity index (χ2v) is 4.84. The van der Waals surface area contributed by atoms with Gasteiger partial charge in [-0.15, -0.1) is 0 Å². The molecule has 0 spiro atoms. The smallest absolute Gasteiger partial charge is 0.201 e. The van der Waals surface area contributed by atoms with Gasteiger partial charge in [-0.05, 0) is 31.4 Å². The highest BCUT2D eigenvalue weighted by Crippen LogP contribution is 2.37. The summed E-state index contributed by atoms with van der Waals surface area (Å²) in [6.07, 6.45) is 2.64. The number of rotatable bonds is 2. The largest absolute Gasteiger partial charge is 0.379 e. The highest BCUT2D eigenvalue weighted by Gasteiger charge is 2.32. The van der Waals surface area contributed by atoms with Crippen molar-refractivity contribution in [2.45, 2.75) is 31.4 Å². The highest BCUT2D eigenvalue weighted by molar-refractivity contribution is 5.79. The second kappa shape index (κ2) is 4.45. The van der Waals surface area contributed by atoms with Gasteiger partial charge < -0.3 is 15.0 Å². The van der Waals surface area contributed by atoms with Crippen molar-refractivity contribution < 1.29 is 13.5 Å². The van der Waals surface area contributed by atoms with Crippen molar-refractivity contribution in [2.75, 3.05) is 12.8 Å². The Morgan fingerprint density at radius 3 is 2.89 bits per heavy atom. The molecule has 1 aliphatic rings. The van der Waals surface area contributed by atoms with E-state index in [4.69, 9.17) is 10.5 Å². The van der Waals surface area contributed by atoms with Crippen molar-refractivity contribution in [1.29, 1.82) is 0 Å². The van der Waals surface area contributed by atoms with Gasteiger partial charge in [-0.25, -0.2) is 13.8 Å². The van der Waals surface area contributed by atoms with Crippen LogP contribution >= 0.6 is 0 Å². The first-order valence-electron chi connectivity index (χ1n) is 6.27. The SMILES string of the molecule is COC1CCCC1n1c(N)nc2ccc(F)c(F)c21. The number of aromatic nitrogens is 2. The normalized spacial score (nSPS) is 23.3. The maximum Gasteiger partial charge on any atom is 0.201 e. The van der Waals surface area contributed by atoms with Gasteiger partial charge in [0.05, 0.1) is 17.7 Å². The summed E-state index contributed by atoms with van der Waals surface area (Å²) in [5.74, 6) is -1.59. The van der Waals surface area contributed by atoms with Gasteiger partial charge >= 0.3 is 0 Å². The molecule has 1 heterocycles. The predicted octanol–water partition coefficient (Wildman–Crippen LogP) is 2.64. The molecule has 2 atom stereocenters. The number of nitrogen functional groups attached to an aromatic ring is 1. The lowest BCUT2D eigenvalue weighted by Crippen LogP contribution is -2.22. The van der Waals surface area contributed by atoms with Crippen molar-refractivity contribution in [3.05, 3.63) is 23.8 Å². The zero-order chi connectivity index (χ0) is 13.6. The molecule has 2 N–H and O–H groups in total. The van der Waals surface area contributed by atoms with Gasteiger partial charge in [0.1, 0.15) is 5.52 Å². The van der Waals surface area contributed by atoms with Crippen LogP contribution in [0.1, 0.15) is 25.3 Å². The van der Waals surface area contributed by atoms with E-state index in [9.17, 15) is 8.78 Å². The number of benzene rings is 1. The average Bonchev–Trinajstić information content (AvgIpc) is 2.97. The first kappa shape index (κ1) is 12.3. The lowest BCUT2D eigenvalue weighted by molar-refractivity contribution is 0.0766. The van der Waals surface area contributed by atoms with Crippen LogP contribution in [-0.4, -0.2) is 22.8 Å². The zero-order valence-electron chi connectivity index (χ0n) is 10.6. The third-order valence-electron chi connectivity index (χ3n) is 3.82. The Bertz CT molecular complexity index is 626. The van der Waals surface area contributed by atoms with Crippen LogP contribution in [0.25, 0.3) is 11.0 Å². The summed E-state index contributed by atoms with van der Waals surface area (Å²) >= 11 is 0. The number of ether oxygens (including phenoxy) is 1. The molecule has 0 bridgehead atoms. The number of methoxy groups -OCH3 is 1. The summed E-state index contributed by atoms with van der Waals surface area (Å²) in [7, 11) is 1.62. The van der Waals surface area contributed by atoms with Crippen LogP contribution in [0.5, 0.6) is 0 Å². The molecule has 19 heavy (non-hydrogen) atoms. The molecule has 1 aromatic heterocycles. The van der Waals surface area contributed by atoms with E-state index in [-0.39, 0.29) is 23.6 Å². The van der Waals surface area contributed by atoms with Gasteiger partial charge in [0, 0.05) is 7.11 Å². The van der Waals surface area contributed by atoms with E-state index >= 15 is 0 Å². The van der Waals surface area contributed by atoms with E-state index in [0.717, 1.165) is 25.3 Å². The fraction of sp³-hybridized carbons (Fsp3) is 0.462. The van der Waals surface area contributed by atoms with Gasteiger partial charge in [0.15, 0.2) is 11.6 Å². The molecule has 0 amide bonds. The molecule has 2 aromatic rings. The Hall–Kier alpha value is -1.69. The van der Waals surface area contributed by atoms with Gasteiger partial charge in [0.2, 0.25) is 5.95 Å². The molecule has 4 nitrogen and oxygen atoms in total. The van der Waals surface area contributed by atoms with Gasteiger partial charge in [-0.3, -0.25) is 0 Å². The molecule has 1 fully saturated rings. The van der Waals surface area contributed by atoms with E-state index in [1.54, 1.807) is 11.7 Å². The predicted molar refractivity (Wildman–Crippen MR) is 67.7 cm³/mol. The first-order chi connectivity index (χ1) is 9.13. The Kier molecular flexibility index (Phi) is 2.89. The number of nitrogens with two attached hydrogens (primary N) is 1. The number of hydrogen-bond donors (Lipinski definition) is 1. The molecule has 1 aromatic carbocycles. The van der Waals surface area contributed by atoms with Crippen LogP contribution < -0.4 is 5.73 Å². The van der Waals surface area contributed by atoms with Gasteiger partial charge in [-0.2, -0.15) is 0 Å². The maximum absolute atomic E-state index is 14.0. The number of imidazole rings is 1. The lowest BCUT2D eigenvalue weighted by atomic mass is 10.2. The van der Waals surface area contributed by atoms with E-state index in [0.29, 0.717) is 5.52 Å². The van der Waals surface area contributed by atoms with Crippen molar-refractivity contribution in [3.63, 3.8) is 0 Å². The summed E-state index contributed by atoms with van der Waals surface area (Å²) in [6.45, 7) is 0. The number of anilines is 1. The van der Waals surface area contributed by atoms with E-state index in [2.05, 4.69) is 4.98 Å². The summed E-state index contributed by atoms with van der Waals surface area (Å²) in [5, 5.41) is 0. The molecule has 1 saturated carbocycles. The first-order valence-corrected chi connectivity index (χ1v) is 6.27. The van der Waals surface area contributed by atoms with Crippen LogP contribution in [0.3, 0.4) is 0 Å². The molecule has 6 heteroatoms. The molecular weight excluding hydrogens is 252 g/mol. The van der Waals surface area contributed by atoms with Crippen molar-refractivity contribution in [2.24, 2.45) is 0 Å². The van der Waals surface area contributed by atoms with E-state index in [1.807, 2.05) is 0 Å². The number of nitrogens with zero attached hydrogens (tertiary/aromatic N) is 2. The van der Waals surface area contributed by atoms with Crippen molar-refractivity contribution in [3.8, 4) is 0 Å². The molecule has 102 valence electrons. The second-order valence-electron chi connectivity index (χ2n) is 4.84. The Balaban J connectivity index is 2.22. The topological polar surface area (TPSA) is 53.1 Å². The summed E-state index contributed by atoms with van der Waals surface area (Å²) in [5.41, 5.74) is 6.38. The molecule has 3 rings (SSSR count).